The minimum atomic E-state index is -0.699. The van der Waals surface area contributed by atoms with Gasteiger partial charge in [0.05, 0.1) is 11.6 Å². The number of benzene rings is 2. The number of fused-ring (bicyclic) bond motifs is 1. The van der Waals surface area contributed by atoms with Gasteiger partial charge in [-0.15, -0.1) is 0 Å². The van der Waals surface area contributed by atoms with E-state index in [1.165, 1.54) is 29.3 Å². The summed E-state index contributed by atoms with van der Waals surface area (Å²) in [5, 5.41) is 10.4. The van der Waals surface area contributed by atoms with E-state index in [0.29, 0.717) is 47.8 Å². The number of hydrazone groups is 1. The summed E-state index contributed by atoms with van der Waals surface area (Å²) in [6.07, 6.45) is 4.67. The molecular weight excluding hydrogens is 393 g/mol. The van der Waals surface area contributed by atoms with E-state index in [4.69, 9.17) is 0 Å². The maximum Gasteiger partial charge on any atom is 0.269 e. The molecule has 0 saturated carbocycles. The van der Waals surface area contributed by atoms with Gasteiger partial charge >= 0.3 is 0 Å². The van der Waals surface area contributed by atoms with Crippen molar-refractivity contribution in [3.8, 4) is 0 Å². The maximum absolute atomic E-state index is 13.6. The van der Waals surface area contributed by atoms with Crippen molar-refractivity contribution in [3.05, 3.63) is 77.8 Å². The van der Waals surface area contributed by atoms with Gasteiger partial charge in [-0.3, -0.25) is 9.48 Å². The minimum absolute atomic E-state index is 0.320. The van der Waals surface area contributed by atoms with Crippen LogP contribution in [0.2, 0.25) is 0 Å². The van der Waals surface area contributed by atoms with Gasteiger partial charge in [-0.05, 0) is 48.7 Å². The Morgan fingerprint density at radius 2 is 1.87 bits per heavy atom. The van der Waals surface area contributed by atoms with Crippen molar-refractivity contribution < 1.29 is 18.0 Å². The maximum atomic E-state index is 13.6. The zero-order valence-electron chi connectivity index (χ0n) is 16.1. The molecule has 0 aliphatic carbocycles. The summed E-state index contributed by atoms with van der Waals surface area (Å²) in [7, 11) is 0. The number of nitrogens with zero attached hydrogens (tertiary/aromatic N) is 4. The molecule has 3 aromatic rings. The number of aromatic nitrogens is 2. The van der Waals surface area contributed by atoms with Crippen molar-refractivity contribution in [1.82, 2.24) is 14.8 Å². The lowest BCUT2D eigenvalue weighted by Crippen LogP contribution is -2.28. The Hall–Kier alpha value is -3.42. The van der Waals surface area contributed by atoms with Crippen LogP contribution < -0.4 is 0 Å². The SMILES string of the molecule is C=C(CCCn1cc2cc(F)ccc2n1)C(=O)N1N=CCC1c1cc(F)cc(F)c1. The molecule has 8 heteroatoms. The molecule has 0 bridgehead atoms. The van der Waals surface area contributed by atoms with E-state index in [1.54, 1.807) is 23.2 Å². The summed E-state index contributed by atoms with van der Waals surface area (Å²) >= 11 is 0. The number of halogens is 3. The Balaban J connectivity index is 1.37. The van der Waals surface area contributed by atoms with Gasteiger partial charge in [0, 0.05) is 42.4 Å². The first-order valence-corrected chi connectivity index (χ1v) is 9.53. The molecule has 30 heavy (non-hydrogen) atoms. The average molecular weight is 412 g/mol. The Bertz CT molecular complexity index is 1130. The standard InChI is InChI=1S/C22H19F3N4O/c1-14(3-2-8-28-13-16-11-17(23)4-5-20(16)27-28)22(30)29-21(6-7-26-29)15-9-18(24)12-19(25)10-15/h4-5,7,9-13,21H,1-3,6,8H2. The van der Waals surface area contributed by atoms with Crippen LogP contribution in [0.3, 0.4) is 0 Å². The molecule has 1 atom stereocenters. The summed E-state index contributed by atoms with van der Waals surface area (Å²) in [6.45, 7) is 4.39. The van der Waals surface area contributed by atoms with E-state index >= 15 is 0 Å². The third kappa shape index (κ3) is 4.12. The molecule has 1 aliphatic rings. The minimum Gasteiger partial charge on any atom is -0.272 e. The molecule has 0 saturated heterocycles. The Morgan fingerprint density at radius 1 is 1.10 bits per heavy atom. The Labute approximate surface area is 171 Å². The van der Waals surface area contributed by atoms with E-state index in [0.717, 1.165) is 6.07 Å². The number of aryl methyl sites for hydroxylation is 1. The van der Waals surface area contributed by atoms with E-state index in [-0.39, 0.29) is 11.7 Å². The highest BCUT2D eigenvalue weighted by Crippen LogP contribution is 2.30. The zero-order chi connectivity index (χ0) is 21.3. The molecule has 0 fully saturated rings. The van der Waals surface area contributed by atoms with Crippen molar-refractivity contribution in [2.45, 2.75) is 31.8 Å². The van der Waals surface area contributed by atoms with Gasteiger partial charge in [-0.2, -0.15) is 10.2 Å². The number of carbonyl (C=O) groups excluding carboxylic acids is 1. The molecule has 5 nitrogen and oxygen atoms in total. The first kappa shape index (κ1) is 19.9. The van der Waals surface area contributed by atoms with Crippen LogP contribution in [0.1, 0.15) is 30.9 Å². The first-order valence-electron chi connectivity index (χ1n) is 9.53. The van der Waals surface area contributed by atoms with E-state index in [1.807, 2.05) is 0 Å². The van der Waals surface area contributed by atoms with Crippen LogP contribution >= 0.6 is 0 Å². The third-order valence-corrected chi connectivity index (χ3v) is 4.99. The molecule has 2 aromatic carbocycles. The van der Waals surface area contributed by atoms with Gasteiger partial charge in [0.1, 0.15) is 17.5 Å². The lowest BCUT2D eigenvalue weighted by atomic mass is 10.0. The van der Waals surface area contributed by atoms with E-state index in [2.05, 4.69) is 16.8 Å². The number of amides is 1. The van der Waals surface area contributed by atoms with Crippen LogP contribution in [0.5, 0.6) is 0 Å². The molecule has 0 N–H and O–H groups in total. The molecule has 1 aliphatic heterocycles. The second-order valence-corrected chi connectivity index (χ2v) is 7.20. The van der Waals surface area contributed by atoms with Crippen LogP contribution in [0.15, 0.2) is 59.8 Å². The van der Waals surface area contributed by atoms with Crippen molar-refractivity contribution in [2.75, 3.05) is 0 Å². The van der Waals surface area contributed by atoms with Crippen LogP contribution in [-0.2, 0) is 11.3 Å². The van der Waals surface area contributed by atoms with Gasteiger partial charge in [-0.25, -0.2) is 18.2 Å². The van der Waals surface area contributed by atoms with Crippen LogP contribution in [-0.4, -0.2) is 26.9 Å². The van der Waals surface area contributed by atoms with Gasteiger partial charge in [0.2, 0.25) is 0 Å². The monoisotopic (exact) mass is 412 g/mol. The van der Waals surface area contributed by atoms with Gasteiger partial charge < -0.3 is 0 Å². The summed E-state index contributed by atoms with van der Waals surface area (Å²) < 4.78 is 42.1. The van der Waals surface area contributed by atoms with Gasteiger partial charge in [0.15, 0.2) is 0 Å². The summed E-state index contributed by atoms with van der Waals surface area (Å²) in [5.74, 6) is -2.10. The highest BCUT2D eigenvalue weighted by Gasteiger charge is 2.30. The molecule has 0 radical (unpaired) electrons. The van der Waals surface area contributed by atoms with E-state index < -0.39 is 17.7 Å². The van der Waals surface area contributed by atoms with Gasteiger partial charge in [0.25, 0.3) is 5.91 Å². The molecular formula is C22H19F3N4O. The normalized spacial score (nSPS) is 15.8. The quantitative estimate of drug-likeness (QED) is 0.549. The number of hydrogen-bond donors (Lipinski definition) is 0. The summed E-state index contributed by atoms with van der Waals surface area (Å²) in [6, 6.07) is 7.03. The predicted molar refractivity (Wildman–Crippen MR) is 107 cm³/mol. The summed E-state index contributed by atoms with van der Waals surface area (Å²) in [5.41, 5.74) is 1.39. The first-order chi connectivity index (χ1) is 14.4. The lowest BCUT2D eigenvalue weighted by molar-refractivity contribution is -0.129. The van der Waals surface area contributed by atoms with Gasteiger partial charge in [-0.1, -0.05) is 6.58 Å². The Kier molecular flexibility index (Phi) is 5.39. The topological polar surface area (TPSA) is 50.5 Å². The molecule has 154 valence electrons. The fourth-order valence-corrected chi connectivity index (χ4v) is 3.54. The molecule has 1 aromatic heterocycles. The smallest absolute Gasteiger partial charge is 0.269 e. The highest BCUT2D eigenvalue weighted by molar-refractivity contribution is 5.94. The lowest BCUT2D eigenvalue weighted by Gasteiger charge is -2.23. The number of carbonyl (C=O) groups is 1. The fourth-order valence-electron chi connectivity index (χ4n) is 3.54. The van der Waals surface area contributed by atoms with Crippen LogP contribution in [0.4, 0.5) is 13.2 Å². The predicted octanol–water partition coefficient (Wildman–Crippen LogP) is 4.75. The number of hydrogen-bond acceptors (Lipinski definition) is 3. The average Bonchev–Trinajstić information content (AvgIpc) is 3.32. The summed E-state index contributed by atoms with van der Waals surface area (Å²) in [4.78, 5) is 12.8. The van der Waals surface area contributed by atoms with E-state index in [9.17, 15) is 18.0 Å². The van der Waals surface area contributed by atoms with Crippen LogP contribution in [0, 0.1) is 17.5 Å². The Morgan fingerprint density at radius 3 is 2.63 bits per heavy atom. The molecule has 2 heterocycles. The van der Waals surface area contributed by atoms with Crippen molar-refractivity contribution in [1.29, 1.82) is 0 Å². The fraction of sp³-hybridized carbons (Fsp3) is 0.227. The molecule has 0 spiro atoms. The molecule has 4 rings (SSSR count). The second-order valence-electron chi connectivity index (χ2n) is 7.20. The zero-order valence-corrected chi connectivity index (χ0v) is 16.1. The molecule has 1 unspecified atom stereocenters. The van der Waals surface area contributed by atoms with Crippen molar-refractivity contribution in [2.24, 2.45) is 5.10 Å². The van der Waals surface area contributed by atoms with Crippen molar-refractivity contribution >= 4 is 23.0 Å². The second kappa shape index (κ2) is 8.14. The highest BCUT2D eigenvalue weighted by atomic mass is 19.1. The molecule has 1 amide bonds. The number of rotatable bonds is 6. The largest absolute Gasteiger partial charge is 0.272 e. The van der Waals surface area contributed by atoms with Crippen molar-refractivity contribution in [3.63, 3.8) is 0 Å². The third-order valence-electron chi connectivity index (χ3n) is 4.99. The van der Waals surface area contributed by atoms with Crippen LogP contribution in [0.25, 0.3) is 10.9 Å².